The van der Waals surface area contributed by atoms with E-state index < -0.39 is 18.5 Å². The van der Waals surface area contributed by atoms with E-state index in [4.69, 9.17) is 22.1 Å². The van der Waals surface area contributed by atoms with Gasteiger partial charge in [0.05, 0.1) is 29.5 Å². The second-order valence-electron chi connectivity index (χ2n) is 8.58. The topological polar surface area (TPSA) is 85.3 Å². The maximum Gasteiger partial charge on any atom is 0.414 e. The number of halogens is 1. The molecule has 2 heterocycles. The Hall–Kier alpha value is -2.46. The highest BCUT2D eigenvalue weighted by molar-refractivity contribution is 7.80. The van der Waals surface area contributed by atoms with Crippen LogP contribution in [0.5, 0.6) is 0 Å². The summed E-state index contributed by atoms with van der Waals surface area (Å²) in [5.74, 6) is -0.0707. The van der Waals surface area contributed by atoms with Crippen molar-refractivity contribution >= 4 is 40.6 Å². The standard InChI is InChI=1S/C22H29FN4O4S/c23-18-11-16(4-5-19(18)25-6-8-26(9-7-25)21(29)14-28)27-13-17(31-22(27)30)12-24-20(32)10-15-2-1-3-15/h4-5,11,15,17,28H,1-3,6-10,12-14H2,(H,24,32)/t17-/m0/s1. The monoisotopic (exact) mass is 464 g/mol. The van der Waals surface area contributed by atoms with Gasteiger partial charge in [-0.2, -0.15) is 0 Å². The fourth-order valence-electron chi connectivity index (χ4n) is 4.31. The van der Waals surface area contributed by atoms with Gasteiger partial charge in [0, 0.05) is 32.6 Å². The molecule has 0 bridgehead atoms. The minimum absolute atomic E-state index is 0.319. The molecule has 32 heavy (non-hydrogen) atoms. The van der Waals surface area contributed by atoms with Crippen LogP contribution >= 0.6 is 12.2 Å². The first kappa shape index (κ1) is 22.7. The molecule has 1 atom stereocenters. The molecule has 0 unspecified atom stereocenters. The lowest BCUT2D eigenvalue weighted by molar-refractivity contribution is -0.134. The Morgan fingerprint density at radius 1 is 1.25 bits per heavy atom. The third-order valence-corrected chi connectivity index (χ3v) is 6.76. The van der Waals surface area contributed by atoms with Crippen LogP contribution in [0.1, 0.15) is 25.7 Å². The Morgan fingerprint density at radius 3 is 2.62 bits per heavy atom. The quantitative estimate of drug-likeness (QED) is 0.596. The number of hydrogen-bond acceptors (Lipinski definition) is 6. The number of carbonyl (C=O) groups excluding carboxylic acids is 2. The molecule has 2 saturated heterocycles. The number of ether oxygens (including phenoxy) is 1. The molecule has 1 aromatic rings. The van der Waals surface area contributed by atoms with Crippen molar-refractivity contribution in [2.24, 2.45) is 5.92 Å². The SMILES string of the molecule is O=C(CO)N1CCN(c2ccc(N3C[C@H](CNC(=S)CC4CCC4)OC3=O)cc2F)CC1. The van der Waals surface area contributed by atoms with Crippen molar-refractivity contribution in [3.05, 3.63) is 24.0 Å². The number of aliphatic hydroxyl groups excluding tert-OH is 1. The predicted molar refractivity (Wildman–Crippen MR) is 122 cm³/mol. The molecule has 0 aromatic heterocycles. The molecule has 3 aliphatic rings. The van der Waals surface area contributed by atoms with Gasteiger partial charge in [-0.25, -0.2) is 9.18 Å². The van der Waals surface area contributed by atoms with Gasteiger partial charge in [-0.1, -0.05) is 31.5 Å². The number of nitrogens with zero attached hydrogens (tertiary/aromatic N) is 3. The lowest BCUT2D eigenvalue weighted by Crippen LogP contribution is -2.49. The van der Waals surface area contributed by atoms with Crippen molar-refractivity contribution < 1.29 is 23.8 Å². The van der Waals surface area contributed by atoms with E-state index in [0.29, 0.717) is 56.6 Å². The maximum atomic E-state index is 14.9. The second kappa shape index (κ2) is 9.99. The number of aliphatic hydroxyl groups is 1. The number of rotatable bonds is 7. The average molecular weight is 465 g/mol. The number of carbonyl (C=O) groups is 2. The van der Waals surface area contributed by atoms with Gasteiger partial charge >= 0.3 is 6.09 Å². The van der Waals surface area contributed by atoms with Crippen LogP contribution in [0, 0.1) is 11.7 Å². The van der Waals surface area contributed by atoms with Gasteiger partial charge in [0.25, 0.3) is 0 Å². The first-order chi connectivity index (χ1) is 15.4. The summed E-state index contributed by atoms with van der Waals surface area (Å²) in [5, 5.41) is 12.2. The highest BCUT2D eigenvalue weighted by atomic mass is 32.1. The summed E-state index contributed by atoms with van der Waals surface area (Å²) in [6.07, 6.45) is 3.77. The molecule has 1 aromatic carbocycles. The molecule has 0 radical (unpaired) electrons. The van der Waals surface area contributed by atoms with Gasteiger partial charge in [-0.3, -0.25) is 9.69 Å². The maximum absolute atomic E-state index is 14.9. The van der Waals surface area contributed by atoms with Crippen molar-refractivity contribution in [2.45, 2.75) is 31.8 Å². The van der Waals surface area contributed by atoms with Gasteiger partial charge in [0.1, 0.15) is 18.5 Å². The number of thiocarbonyl (C=S) groups is 1. The molecule has 2 N–H and O–H groups in total. The molecule has 2 aliphatic heterocycles. The number of nitrogens with one attached hydrogen (secondary N) is 1. The largest absolute Gasteiger partial charge is 0.442 e. The molecular formula is C22H29FN4O4S. The molecule has 4 rings (SSSR count). The Morgan fingerprint density at radius 2 is 2.00 bits per heavy atom. The molecule has 174 valence electrons. The highest BCUT2D eigenvalue weighted by Gasteiger charge is 2.33. The van der Waals surface area contributed by atoms with Gasteiger partial charge in [-0.15, -0.1) is 0 Å². The van der Waals surface area contributed by atoms with Gasteiger partial charge in [0.2, 0.25) is 5.91 Å². The van der Waals surface area contributed by atoms with Crippen molar-refractivity contribution in [2.75, 3.05) is 55.7 Å². The zero-order chi connectivity index (χ0) is 22.7. The molecular weight excluding hydrogens is 435 g/mol. The van der Waals surface area contributed by atoms with Crippen molar-refractivity contribution in [1.29, 1.82) is 0 Å². The Kier molecular flexibility index (Phi) is 7.10. The number of benzene rings is 1. The molecule has 10 heteroatoms. The van der Waals surface area contributed by atoms with E-state index in [1.165, 1.54) is 30.2 Å². The van der Waals surface area contributed by atoms with Crippen LogP contribution in [0.15, 0.2) is 18.2 Å². The minimum atomic E-state index is -0.516. The third kappa shape index (κ3) is 5.12. The molecule has 3 fully saturated rings. The summed E-state index contributed by atoms with van der Waals surface area (Å²) in [6.45, 7) is 2.07. The third-order valence-electron chi connectivity index (χ3n) is 6.45. The van der Waals surface area contributed by atoms with Crippen LogP contribution in [-0.2, 0) is 9.53 Å². The van der Waals surface area contributed by atoms with Crippen molar-refractivity contribution in [1.82, 2.24) is 10.2 Å². The molecule has 1 saturated carbocycles. The number of hydrogen-bond donors (Lipinski definition) is 2. The summed E-state index contributed by atoms with van der Waals surface area (Å²) < 4.78 is 20.3. The summed E-state index contributed by atoms with van der Waals surface area (Å²) >= 11 is 5.39. The van der Waals surface area contributed by atoms with E-state index in [2.05, 4.69) is 5.32 Å². The van der Waals surface area contributed by atoms with E-state index in [1.54, 1.807) is 17.0 Å². The van der Waals surface area contributed by atoms with Crippen LogP contribution < -0.4 is 15.1 Å². The van der Waals surface area contributed by atoms with E-state index in [0.717, 1.165) is 11.4 Å². The molecule has 8 nitrogen and oxygen atoms in total. The molecule has 1 aliphatic carbocycles. The average Bonchev–Trinajstić information content (AvgIpc) is 3.15. The van der Waals surface area contributed by atoms with Gasteiger partial charge in [0.15, 0.2) is 0 Å². The first-order valence-electron chi connectivity index (χ1n) is 11.1. The van der Waals surface area contributed by atoms with Crippen molar-refractivity contribution in [3.8, 4) is 0 Å². The van der Waals surface area contributed by atoms with E-state index >= 15 is 0 Å². The van der Waals surface area contributed by atoms with E-state index in [9.17, 15) is 14.0 Å². The lowest BCUT2D eigenvalue weighted by Gasteiger charge is -2.36. The summed E-state index contributed by atoms with van der Waals surface area (Å²) in [5.41, 5.74) is 0.877. The Labute approximate surface area is 192 Å². The lowest BCUT2D eigenvalue weighted by atomic mass is 9.83. The number of cyclic esters (lactones) is 1. The highest BCUT2D eigenvalue weighted by Crippen LogP contribution is 2.30. The first-order valence-corrected chi connectivity index (χ1v) is 11.5. The second-order valence-corrected chi connectivity index (χ2v) is 9.08. The normalized spacial score (nSPS) is 21.4. The van der Waals surface area contributed by atoms with Crippen LogP contribution in [0.2, 0.25) is 0 Å². The summed E-state index contributed by atoms with van der Waals surface area (Å²) in [7, 11) is 0. The minimum Gasteiger partial charge on any atom is -0.442 e. The smallest absolute Gasteiger partial charge is 0.414 e. The number of piperazine rings is 1. The fraction of sp³-hybridized carbons (Fsp3) is 0.591. The Bertz CT molecular complexity index is 873. The zero-order valence-corrected chi connectivity index (χ0v) is 18.8. The zero-order valence-electron chi connectivity index (χ0n) is 18.0. The van der Waals surface area contributed by atoms with Crippen LogP contribution in [0.4, 0.5) is 20.6 Å². The van der Waals surface area contributed by atoms with Crippen LogP contribution in [-0.4, -0.2) is 79.0 Å². The van der Waals surface area contributed by atoms with Gasteiger partial charge < -0.3 is 25.0 Å². The van der Waals surface area contributed by atoms with Crippen LogP contribution in [0.25, 0.3) is 0 Å². The summed E-state index contributed by atoms with van der Waals surface area (Å²) in [6, 6.07) is 4.71. The summed E-state index contributed by atoms with van der Waals surface area (Å²) in [4.78, 5) is 29.6. The van der Waals surface area contributed by atoms with Gasteiger partial charge in [-0.05, 0) is 24.1 Å². The molecule has 0 spiro atoms. The van der Waals surface area contributed by atoms with Crippen LogP contribution in [0.3, 0.4) is 0 Å². The number of anilines is 2. The van der Waals surface area contributed by atoms with E-state index in [1.807, 2.05) is 4.90 Å². The number of amides is 2. The molecule has 2 amide bonds. The predicted octanol–water partition coefficient (Wildman–Crippen LogP) is 1.90. The fourth-order valence-corrected chi connectivity index (χ4v) is 4.63. The van der Waals surface area contributed by atoms with E-state index in [-0.39, 0.29) is 12.0 Å². The van der Waals surface area contributed by atoms with Crippen molar-refractivity contribution in [3.63, 3.8) is 0 Å². The Balaban J connectivity index is 1.31.